The van der Waals surface area contributed by atoms with Gasteiger partial charge in [-0.15, -0.1) is 0 Å². The zero-order valence-corrected chi connectivity index (χ0v) is 30.9. The molecular weight excluding hydrogens is 648 g/mol. The van der Waals surface area contributed by atoms with E-state index < -0.39 is 18.1 Å². The van der Waals surface area contributed by atoms with E-state index in [0.29, 0.717) is 12.4 Å². The van der Waals surface area contributed by atoms with Crippen LogP contribution in [0.15, 0.2) is 63.8 Å². The van der Waals surface area contributed by atoms with Gasteiger partial charge in [0, 0.05) is 43.0 Å². The van der Waals surface area contributed by atoms with Crippen LogP contribution < -0.4 is 14.0 Å². The van der Waals surface area contributed by atoms with E-state index in [4.69, 9.17) is 23.3 Å². The maximum absolute atomic E-state index is 13.2. The Morgan fingerprint density at radius 1 is 0.804 bits per heavy atom. The Morgan fingerprint density at radius 2 is 1.49 bits per heavy atom. The van der Waals surface area contributed by atoms with Gasteiger partial charge in [0.1, 0.15) is 38.3 Å². The van der Waals surface area contributed by atoms with Crippen molar-refractivity contribution in [2.45, 2.75) is 136 Å². The summed E-state index contributed by atoms with van der Waals surface area (Å²) in [5, 5.41) is 8.92. The molecular formula is C40H57N4O7+. The Morgan fingerprint density at radius 3 is 2.14 bits per heavy atom. The Hall–Kier alpha value is -4.41. The fourth-order valence-electron chi connectivity index (χ4n) is 6.23. The lowest BCUT2D eigenvalue weighted by molar-refractivity contribution is -0.676. The summed E-state index contributed by atoms with van der Waals surface area (Å²) in [7, 11) is 0. The lowest BCUT2D eigenvalue weighted by Crippen LogP contribution is -2.44. The van der Waals surface area contributed by atoms with E-state index >= 15 is 0 Å². The van der Waals surface area contributed by atoms with E-state index in [0.717, 1.165) is 46.5 Å². The third-order valence-corrected chi connectivity index (χ3v) is 9.09. The molecule has 11 heteroatoms. The van der Waals surface area contributed by atoms with Crippen LogP contribution in [0.4, 0.5) is 4.79 Å². The number of hydrogen-bond acceptors (Lipinski definition) is 9. The number of para-hydroxylation sites is 1. The molecule has 1 aromatic carbocycles. The van der Waals surface area contributed by atoms with Crippen LogP contribution in [0.5, 0.6) is 11.8 Å². The predicted molar refractivity (Wildman–Crippen MR) is 194 cm³/mol. The molecule has 3 aromatic heterocycles. The van der Waals surface area contributed by atoms with Crippen molar-refractivity contribution in [3.63, 3.8) is 0 Å². The zero-order valence-electron chi connectivity index (χ0n) is 30.9. The molecule has 0 N–H and O–H groups in total. The van der Waals surface area contributed by atoms with Gasteiger partial charge in [0.2, 0.25) is 17.1 Å². The highest BCUT2D eigenvalue weighted by atomic mass is 16.6. The minimum Gasteiger partial charge on any atom is -0.471 e. The highest BCUT2D eigenvalue weighted by molar-refractivity contribution is 5.90. The number of hydrogen-bond donors (Lipinski definition) is 0. The molecule has 51 heavy (non-hydrogen) atoms. The maximum atomic E-state index is 13.2. The van der Waals surface area contributed by atoms with Gasteiger partial charge in [-0.05, 0) is 35.8 Å². The van der Waals surface area contributed by atoms with E-state index in [1.165, 1.54) is 90.2 Å². The third-order valence-electron chi connectivity index (χ3n) is 9.09. The first kappa shape index (κ1) is 39.4. The summed E-state index contributed by atoms with van der Waals surface area (Å²) in [6.45, 7) is 6.15. The van der Waals surface area contributed by atoms with E-state index in [1.807, 2.05) is 43.3 Å². The molecule has 0 aliphatic rings. The number of carbonyl (C=O) groups excluding carboxylic acids is 2. The van der Waals surface area contributed by atoms with Gasteiger partial charge in [-0.1, -0.05) is 103 Å². The highest BCUT2D eigenvalue weighted by Crippen LogP contribution is 2.18. The smallest absolute Gasteiger partial charge is 0.417 e. The molecule has 0 radical (unpaired) electrons. The number of unbranched alkanes of at least 4 members (excludes halogenated alkanes) is 13. The number of fused-ring (bicyclic) bond motifs is 1. The van der Waals surface area contributed by atoms with E-state index in [9.17, 15) is 9.59 Å². The summed E-state index contributed by atoms with van der Waals surface area (Å²) < 4.78 is 29.8. The molecule has 2 amide bonds. The number of ether oxygens (including phenoxy) is 3. The van der Waals surface area contributed by atoms with Crippen molar-refractivity contribution in [2.24, 2.45) is 0 Å². The molecule has 0 spiro atoms. The minimum atomic E-state index is -0.788. The summed E-state index contributed by atoms with van der Waals surface area (Å²) in [6, 6.07) is 15.2. The van der Waals surface area contributed by atoms with E-state index in [-0.39, 0.29) is 25.6 Å². The summed E-state index contributed by atoms with van der Waals surface area (Å²) in [5.74, 6) is 0.859. The van der Waals surface area contributed by atoms with Crippen LogP contribution in [-0.2, 0) is 29.0 Å². The number of benzene rings is 1. The number of rotatable bonds is 25. The van der Waals surface area contributed by atoms with Crippen molar-refractivity contribution in [1.82, 2.24) is 15.2 Å². The molecule has 4 aromatic rings. The maximum Gasteiger partial charge on any atom is 0.417 e. The fourth-order valence-corrected chi connectivity index (χ4v) is 6.23. The summed E-state index contributed by atoms with van der Waals surface area (Å²) in [4.78, 5) is 26.9. The third kappa shape index (κ3) is 13.7. The minimum absolute atomic E-state index is 0.00838. The number of aryl methyl sites for hydroxylation is 2. The fraction of sp³-hybridized carbons (Fsp3) is 0.575. The van der Waals surface area contributed by atoms with E-state index in [2.05, 4.69) is 21.8 Å². The number of carbonyl (C=O) groups is 2. The molecule has 0 saturated carbocycles. The zero-order chi connectivity index (χ0) is 36.1. The van der Waals surface area contributed by atoms with Crippen LogP contribution in [0.25, 0.3) is 10.9 Å². The van der Waals surface area contributed by atoms with Crippen LogP contribution in [0.3, 0.4) is 0 Å². The molecule has 0 bridgehead atoms. The van der Waals surface area contributed by atoms with E-state index in [1.54, 1.807) is 12.1 Å². The van der Waals surface area contributed by atoms with Crippen molar-refractivity contribution in [2.75, 3.05) is 13.2 Å². The lowest BCUT2D eigenvalue weighted by Gasteiger charge is -2.21. The normalized spacial score (nSPS) is 11.8. The molecule has 278 valence electrons. The predicted octanol–water partition coefficient (Wildman–Crippen LogP) is 9.16. The average molecular weight is 706 g/mol. The largest absolute Gasteiger partial charge is 0.471 e. The van der Waals surface area contributed by atoms with Crippen LogP contribution in [0, 0.1) is 0 Å². The SMILES string of the molecule is CCCCCCCCCCCCCCCCc1cc(OCC(COC(=O)N(Cc2ccc3ccccc3[n+]2CC)C(C)=O)Oc2ccon2)no1. The van der Waals surface area contributed by atoms with Gasteiger partial charge in [-0.2, -0.15) is 4.57 Å². The van der Waals surface area contributed by atoms with Crippen LogP contribution in [0.2, 0.25) is 0 Å². The molecule has 11 nitrogen and oxygen atoms in total. The summed E-state index contributed by atoms with van der Waals surface area (Å²) >= 11 is 0. The van der Waals surface area contributed by atoms with Gasteiger partial charge >= 0.3 is 6.09 Å². The van der Waals surface area contributed by atoms with Crippen molar-refractivity contribution < 1.29 is 37.4 Å². The Labute approximate surface area is 302 Å². The first-order valence-corrected chi connectivity index (χ1v) is 19.0. The van der Waals surface area contributed by atoms with Crippen LogP contribution >= 0.6 is 0 Å². The lowest BCUT2D eigenvalue weighted by atomic mass is 10.0. The van der Waals surface area contributed by atoms with Crippen molar-refractivity contribution >= 4 is 22.9 Å². The Balaban J connectivity index is 1.19. The van der Waals surface area contributed by atoms with Gasteiger partial charge in [-0.3, -0.25) is 4.79 Å². The topological polar surface area (TPSA) is 121 Å². The molecule has 3 heterocycles. The molecule has 0 saturated heterocycles. The molecule has 4 rings (SSSR count). The Kier molecular flexibility index (Phi) is 17.3. The number of pyridine rings is 1. The van der Waals surface area contributed by atoms with Gasteiger partial charge < -0.3 is 23.3 Å². The molecule has 0 fully saturated rings. The molecule has 1 atom stereocenters. The summed E-state index contributed by atoms with van der Waals surface area (Å²) in [5.41, 5.74) is 1.82. The van der Waals surface area contributed by atoms with Crippen molar-refractivity contribution in [3.05, 3.63) is 66.2 Å². The number of aromatic nitrogens is 3. The Bertz CT molecular complexity index is 1570. The van der Waals surface area contributed by atoms with Crippen LogP contribution in [0.1, 0.15) is 122 Å². The standard InChI is InChI=1S/C40H57N4O7/c1-4-6-7-8-9-10-11-12-13-14-15-16-17-18-22-35-28-39(42-51-35)47-30-36(50-38-26-27-49-41-38)31-48-40(46)44(32(3)45)29-34-25-24-33-21-19-20-23-37(33)43(34)5-2/h19-21,23-28,36H,4-18,22,29-31H2,1-3H3/q+1. The van der Waals surface area contributed by atoms with Gasteiger partial charge in [0.05, 0.1) is 0 Å². The van der Waals surface area contributed by atoms with Gasteiger partial charge in [-0.25, -0.2) is 9.69 Å². The second-order valence-corrected chi connectivity index (χ2v) is 13.2. The second kappa shape index (κ2) is 22.4. The highest BCUT2D eigenvalue weighted by Gasteiger charge is 2.27. The number of nitrogens with zero attached hydrogens (tertiary/aromatic N) is 4. The number of amides is 2. The second-order valence-electron chi connectivity index (χ2n) is 13.2. The molecule has 0 aliphatic heterocycles. The average Bonchev–Trinajstić information content (AvgIpc) is 3.83. The number of imide groups is 1. The van der Waals surface area contributed by atoms with Gasteiger partial charge in [0.15, 0.2) is 6.10 Å². The summed E-state index contributed by atoms with van der Waals surface area (Å²) in [6.07, 6.45) is 19.0. The molecule has 0 aliphatic carbocycles. The monoisotopic (exact) mass is 705 g/mol. The first-order valence-electron chi connectivity index (χ1n) is 19.0. The first-order chi connectivity index (χ1) is 25.0. The van der Waals surface area contributed by atoms with Crippen LogP contribution in [-0.4, -0.2) is 46.5 Å². The quantitative estimate of drug-likeness (QED) is 0.0491. The van der Waals surface area contributed by atoms with Gasteiger partial charge in [0.25, 0.3) is 11.8 Å². The van der Waals surface area contributed by atoms with Crippen molar-refractivity contribution in [3.8, 4) is 11.8 Å². The molecule has 1 unspecified atom stereocenters. The van der Waals surface area contributed by atoms with Crippen molar-refractivity contribution in [1.29, 1.82) is 0 Å².